The van der Waals surface area contributed by atoms with Gasteiger partial charge in [0.1, 0.15) is 11.4 Å². The Kier molecular flexibility index (Phi) is 2.97. The van der Waals surface area contributed by atoms with Crippen molar-refractivity contribution >= 4 is 5.91 Å². The van der Waals surface area contributed by atoms with E-state index in [0.29, 0.717) is 6.07 Å². The maximum Gasteiger partial charge on any atom is 0.420 e. The molecule has 0 radical (unpaired) electrons. The maximum absolute atomic E-state index is 12.9. The summed E-state index contributed by atoms with van der Waals surface area (Å²) in [6, 6.07) is 2.63. The van der Waals surface area contributed by atoms with Crippen LogP contribution in [0.1, 0.15) is 15.9 Å². The first-order chi connectivity index (χ1) is 6.88. The van der Waals surface area contributed by atoms with E-state index in [1.165, 1.54) is 7.05 Å². The Balaban J connectivity index is 3.40. The molecule has 0 atom stereocenters. The Bertz CT molecular complexity index is 386. The predicted octanol–water partition coefficient (Wildman–Crippen LogP) is 2.20. The van der Waals surface area contributed by atoms with Crippen LogP contribution in [0.5, 0.6) is 0 Å². The van der Waals surface area contributed by atoms with Gasteiger partial charge in [-0.2, -0.15) is 13.2 Å². The molecule has 0 spiro atoms. The molecule has 0 aliphatic heterocycles. The molecule has 0 saturated carbocycles. The lowest BCUT2D eigenvalue weighted by molar-refractivity contribution is -0.140. The lowest BCUT2D eigenvalue weighted by atomic mass is 10.1. The first kappa shape index (κ1) is 11.5. The van der Waals surface area contributed by atoms with Crippen LogP contribution < -0.4 is 5.32 Å². The molecule has 15 heavy (non-hydrogen) atoms. The van der Waals surface area contributed by atoms with Crippen LogP contribution in [0.25, 0.3) is 0 Å². The van der Waals surface area contributed by atoms with E-state index in [0.717, 1.165) is 12.1 Å². The molecule has 1 aromatic carbocycles. The molecular formula is C9H7F4NO. The first-order valence-electron chi connectivity index (χ1n) is 3.95. The van der Waals surface area contributed by atoms with E-state index in [1.807, 2.05) is 5.32 Å². The average Bonchev–Trinajstić information content (AvgIpc) is 2.14. The van der Waals surface area contributed by atoms with Gasteiger partial charge in [0.2, 0.25) is 0 Å². The summed E-state index contributed by atoms with van der Waals surface area (Å²) in [5.41, 5.74) is -2.26. The Hall–Kier alpha value is -1.59. The van der Waals surface area contributed by atoms with Gasteiger partial charge >= 0.3 is 6.18 Å². The summed E-state index contributed by atoms with van der Waals surface area (Å²) >= 11 is 0. The second kappa shape index (κ2) is 3.88. The van der Waals surface area contributed by atoms with Crippen molar-refractivity contribution in [2.24, 2.45) is 0 Å². The fourth-order valence-corrected chi connectivity index (χ4v) is 1.14. The number of hydrogen-bond acceptors (Lipinski definition) is 1. The third-order valence-corrected chi connectivity index (χ3v) is 1.77. The summed E-state index contributed by atoms with van der Waals surface area (Å²) < 4.78 is 50.1. The van der Waals surface area contributed by atoms with Gasteiger partial charge in [0, 0.05) is 7.05 Å². The van der Waals surface area contributed by atoms with Gasteiger partial charge in [-0.25, -0.2) is 4.39 Å². The normalized spacial score (nSPS) is 11.3. The van der Waals surface area contributed by atoms with Gasteiger partial charge in [0.25, 0.3) is 5.91 Å². The fraction of sp³-hybridized carbons (Fsp3) is 0.222. The van der Waals surface area contributed by atoms with Crippen LogP contribution in [0.2, 0.25) is 0 Å². The Labute approximate surface area is 82.9 Å². The van der Waals surface area contributed by atoms with Gasteiger partial charge in [-0.15, -0.1) is 0 Å². The highest BCUT2D eigenvalue weighted by Gasteiger charge is 2.38. The molecule has 0 saturated heterocycles. The van der Waals surface area contributed by atoms with Crippen LogP contribution in [0, 0.1) is 5.82 Å². The molecule has 0 bridgehead atoms. The van der Waals surface area contributed by atoms with Gasteiger partial charge in [0.05, 0.1) is 5.56 Å². The Morgan fingerprint density at radius 2 is 1.93 bits per heavy atom. The van der Waals surface area contributed by atoms with E-state index in [1.54, 1.807) is 0 Å². The zero-order valence-corrected chi connectivity index (χ0v) is 7.65. The summed E-state index contributed by atoms with van der Waals surface area (Å²) in [6.45, 7) is 0. The molecule has 1 amide bonds. The molecule has 82 valence electrons. The van der Waals surface area contributed by atoms with Crippen LogP contribution in [-0.4, -0.2) is 13.0 Å². The number of carbonyl (C=O) groups is 1. The van der Waals surface area contributed by atoms with E-state index in [-0.39, 0.29) is 0 Å². The summed E-state index contributed by atoms with van der Waals surface area (Å²) in [4.78, 5) is 11.1. The number of carbonyl (C=O) groups excluding carboxylic acids is 1. The second-order valence-electron chi connectivity index (χ2n) is 2.74. The van der Waals surface area contributed by atoms with Crippen molar-refractivity contribution < 1.29 is 22.4 Å². The Morgan fingerprint density at radius 1 is 1.33 bits per heavy atom. The molecule has 0 fully saturated rings. The van der Waals surface area contributed by atoms with E-state index in [2.05, 4.69) is 0 Å². The van der Waals surface area contributed by atoms with Crippen molar-refractivity contribution in [1.82, 2.24) is 5.32 Å². The number of hydrogen-bond donors (Lipinski definition) is 1. The molecule has 1 aromatic rings. The topological polar surface area (TPSA) is 29.1 Å². The smallest absolute Gasteiger partial charge is 0.355 e. The molecule has 2 nitrogen and oxygen atoms in total. The highest BCUT2D eigenvalue weighted by atomic mass is 19.4. The van der Waals surface area contributed by atoms with Crippen LogP contribution >= 0.6 is 0 Å². The third kappa shape index (κ3) is 2.26. The van der Waals surface area contributed by atoms with E-state index >= 15 is 0 Å². The van der Waals surface area contributed by atoms with E-state index < -0.39 is 29.0 Å². The molecule has 0 heterocycles. The van der Waals surface area contributed by atoms with Crippen LogP contribution in [0.3, 0.4) is 0 Å². The molecule has 6 heteroatoms. The highest BCUT2D eigenvalue weighted by molar-refractivity contribution is 5.95. The predicted molar refractivity (Wildman–Crippen MR) is 44.8 cm³/mol. The fourth-order valence-electron chi connectivity index (χ4n) is 1.14. The maximum atomic E-state index is 12.9. The van der Waals surface area contributed by atoms with Crippen LogP contribution in [0.4, 0.5) is 17.6 Å². The number of nitrogens with one attached hydrogen (secondary N) is 1. The van der Waals surface area contributed by atoms with Crippen LogP contribution in [-0.2, 0) is 6.18 Å². The van der Waals surface area contributed by atoms with Gasteiger partial charge in [0.15, 0.2) is 0 Å². The highest BCUT2D eigenvalue weighted by Crippen LogP contribution is 2.33. The zero-order chi connectivity index (χ0) is 11.6. The van der Waals surface area contributed by atoms with Crippen molar-refractivity contribution in [3.8, 4) is 0 Å². The van der Waals surface area contributed by atoms with Crippen molar-refractivity contribution in [1.29, 1.82) is 0 Å². The standard InChI is InChI=1S/C9H7F4NO/c1-14-8(15)5-3-2-4-6(10)7(5)9(11,12)13/h2-4H,1H3,(H,14,15). The zero-order valence-electron chi connectivity index (χ0n) is 7.65. The van der Waals surface area contributed by atoms with Crippen molar-refractivity contribution in [3.63, 3.8) is 0 Å². The van der Waals surface area contributed by atoms with Gasteiger partial charge in [-0.1, -0.05) is 6.07 Å². The molecule has 0 aromatic heterocycles. The summed E-state index contributed by atoms with van der Waals surface area (Å²) in [6.07, 6.45) is -4.88. The van der Waals surface area contributed by atoms with Crippen molar-refractivity contribution in [2.75, 3.05) is 7.05 Å². The SMILES string of the molecule is CNC(=O)c1cccc(F)c1C(F)(F)F. The molecular weight excluding hydrogens is 214 g/mol. The minimum absolute atomic E-state index is 0.662. The average molecular weight is 221 g/mol. The number of amides is 1. The minimum Gasteiger partial charge on any atom is -0.355 e. The van der Waals surface area contributed by atoms with Gasteiger partial charge < -0.3 is 5.32 Å². The molecule has 0 unspecified atom stereocenters. The second-order valence-corrected chi connectivity index (χ2v) is 2.74. The minimum atomic E-state index is -4.88. The summed E-state index contributed by atoms with van der Waals surface area (Å²) in [7, 11) is 1.17. The molecule has 0 aliphatic rings. The van der Waals surface area contributed by atoms with Crippen molar-refractivity contribution in [2.45, 2.75) is 6.18 Å². The lowest BCUT2D eigenvalue weighted by Gasteiger charge is -2.12. The first-order valence-corrected chi connectivity index (χ1v) is 3.95. The third-order valence-electron chi connectivity index (χ3n) is 1.77. The Morgan fingerprint density at radius 3 is 2.40 bits per heavy atom. The number of alkyl halides is 3. The summed E-state index contributed by atoms with van der Waals surface area (Å²) in [5.74, 6) is -2.43. The largest absolute Gasteiger partial charge is 0.420 e. The quantitative estimate of drug-likeness (QED) is 0.723. The monoisotopic (exact) mass is 221 g/mol. The number of rotatable bonds is 1. The van der Waals surface area contributed by atoms with E-state index in [9.17, 15) is 22.4 Å². The lowest BCUT2D eigenvalue weighted by Crippen LogP contribution is -2.23. The number of halogens is 4. The van der Waals surface area contributed by atoms with Crippen LogP contribution in [0.15, 0.2) is 18.2 Å². The molecule has 1 rings (SSSR count). The summed E-state index contributed by atoms with van der Waals surface area (Å²) in [5, 5.41) is 2.02. The molecule has 0 aliphatic carbocycles. The molecule has 1 N–H and O–H groups in total. The van der Waals surface area contributed by atoms with Crippen molar-refractivity contribution in [3.05, 3.63) is 35.1 Å². The number of benzene rings is 1. The van der Waals surface area contributed by atoms with E-state index in [4.69, 9.17) is 0 Å². The van der Waals surface area contributed by atoms with Gasteiger partial charge in [-0.05, 0) is 12.1 Å². The van der Waals surface area contributed by atoms with Gasteiger partial charge in [-0.3, -0.25) is 4.79 Å².